The number of nitrogens with zero attached hydrogens (tertiary/aromatic N) is 3. The third kappa shape index (κ3) is 2.34. The number of benzene rings is 1. The summed E-state index contributed by atoms with van der Waals surface area (Å²) in [6.07, 6.45) is 1.68. The number of hydrogen-bond acceptors (Lipinski definition) is 5. The number of aromatic nitrogens is 3. The minimum absolute atomic E-state index is 0.387. The first-order valence-corrected chi connectivity index (χ1v) is 6.34. The number of rotatable bonds is 2. The van der Waals surface area contributed by atoms with Crippen molar-refractivity contribution < 1.29 is 4.52 Å². The minimum Gasteiger partial charge on any atom is -0.398 e. The summed E-state index contributed by atoms with van der Waals surface area (Å²) in [5, 5.41) is 3.91. The lowest BCUT2D eigenvalue weighted by atomic mass is 10.2. The van der Waals surface area contributed by atoms with Gasteiger partial charge in [-0.1, -0.05) is 17.3 Å². The Morgan fingerprint density at radius 2 is 1.95 bits per heavy atom. The van der Waals surface area contributed by atoms with Crippen LogP contribution in [0.15, 0.2) is 51.6 Å². The average Bonchev–Trinajstić information content (AvgIpc) is 2.89. The van der Waals surface area contributed by atoms with E-state index in [-0.39, 0.29) is 0 Å². The van der Waals surface area contributed by atoms with Crippen LogP contribution in [-0.4, -0.2) is 15.1 Å². The third-order valence-electron chi connectivity index (χ3n) is 2.57. The molecule has 0 saturated heterocycles. The number of hydrogen-bond donors (Lipinski definition) is 1. The third-order valence-corrected chi connectivity index (χ3v) is 3.04. The van der Waals surface area contributed by atoms with Crippen LogP contribution in [0.4, 0.5) is 5.69 Å². The molecule has 0 aliphatic rings. The molecule has 0 aliphatic carbocycles. The van der Waals surface area contributed by atoms with E-state index in [0.29, 0.717) is 23.1 Å². The van der Waals surface area contributed by atoms with Gasteiger partial charge in [-0.15, -0.1) is 0 Å². The zero-order valence-electron chi connectivity index (χ0n) is 9.75. The number of halogens is 1. The smallest absolute Gasteiger partial charge is 0.260 e. The second-order valence-electron chi connectivity index (χ2n) is 3.87. The molecule has 2 heterocycles. The van der Waals surface area contributed by atoms with E-state index in [1.807, 2.05) is 30.3 Å². The van der Waals surface area contributed by atoms with Crippen molar-refractivity contribution in [2.45, 2.75) is 0 Å². The molecule has 0 aliphatic heterocycles. The van der Waals surface area contributed by atoms with Crippen LogP contribution >= 0.6 is 15.9 Å². The molecule has 6 heteroatoms. The van der Waals surface area contributed by atoms with E-state index >= 15 is 0 Å². The summed E-state index contributed by atoms with van der Waals surface area (Å²) in [5.41, 5.74) is 7.84. The number of para-hydroxylation sites is 1. The lowest BCUT2D eigenvalue weighted by Crippen LogP contribution is -1.89. The van der Waals surface area contributed by atoms with Crippen LogP contribution < -0.4 is 5.73 Å². The van der Waals surface area contributed by atoms with Gasteiger partial charge in [0.25, 0.3) is 5.89 Å². The summed E-state index contributed by atoms with van der Waals surface area (Å²) in [4.78, 5) is 8.52. The highest BCUT2D eigenvalue weighted by atomic mass is 79.9. The van der Waals surface area contributed by atoms with Crippen LogP contribution in [0.25, 0.3) is 23.0 Å². The quantitative estimate of drug-likeness (QED) is 0.735. The second kappa shape index (κ2) is 4.81. The van der Waals surface area contributed by atoms with Crippen LogP contribution in [0.1, 0.15) is 0 Å². The Labute approximate surface area is 117 Å². The van der Waals surface area contributed by atoms with Gasteiger partial charge >= 0.3 is 0 Å². The number of nitrogens with two attached hydrogens (primary N) is 1. The van der Waals surface area contributed by atoms with Gasteiger partial charge in [-0.25, -0.2) is 0 Å². The van der Waals surface area contributed by atoms with Gasteiger partial charge in [-0.2, -0.15) is 4.98 Å². The monoisotopic (exact) mass is 316 g/mol. The van der Waals surface area contributed by atoms with Crippen LogP contribution in [0.3, 0.4) is 0 Å². The van der Waals surface area contributed by atoms with E-state index in [1.54, 1.807) is 12.3 Å². The maximum absolute atomic E-state index is 5.87. The summed E-state index contributed by atoms with van der Waals surface area (Å²) in [7, 11) is 0. The van der Waals surface area contributed by atoms with Crippen molar-refractivity contribution in [3.8, 4) is 23.0 Å². The topological polar surface area (TPSA) is 77.8 Å². The van der Waals surface area contributed by atoms with Crippen LogP contribution in [-0.2, 0) is 0 Å². The largest absolute Gasteiger partial charge is 0.398 e. The number of pyridine rings is 1. The molecule has 0 bridgehead atoms. The Morgan fingerprint density at radius 3 is 2.68 bits per heavy atom. The fourth-order valence-corrected chi connectivity index (χ4v) is 1.87. The Kier molecular flexibility index (Phi) is 3.00. The van der Waals surface area contributed by atoms with Gasteiger partial charge in [0.1, 0.15) is 5.69 Å². The normalized spacial score (nSPS) is 10.6. The molecule has 0 atom stereocenters. The van der Waals surface area contributed by atoms with Gasteiger partial charge < -0.3 is 10.3 Å². The summed E-state index contributed by atoms with van der Waals surface area (Å²) in [5.74, 6) is 0.823. The first kappa shape index (κ1) is 11.9. The zero-order valence-corrected chi connectivity index (χ0v) is 11.3. The lowest BCUT2D eigenvalue weighted by Gasteiger charge is -1.97. The molecule has 0 fully saturated rings. The fraction of sp³-hybridized carbons (Fsp3) is 0. The van der Waals surface area contributed by atoms with Gasteiger partial charge in [0.2, 0.25) is 5.82 Å². The van der Waals surface area contributed by atoms with Crippen LogP contribution in [0, 0.1) is 0 Å². The molecule has 0 saturated carbocycles. The molecule has 3 rings (SSSR count). The van der Waals surface area contributed by atoms with Crippen molar-refractivity contribution >= 4 is 21.6 Å². The van der Waals surface area contributed by atoms with Gasteiger partial charge in [-0.05, 0) is 40.2 Å². The molecule has 0 amide bonds. The van der Waals surface area contributed by atoms with Gasteiger partial charge in [-0.3, -0.25) is 4.98 Å². The molecule has 19 heavy (non-hydrogen) atoms. The highest BCUT2D eigenvalue weighted by Gasteiger charge is 2.13. The summed E-state index contributed by atoms with van der Waals surface area (Å²) < 4.78 is 6.12. The van der Waals surface area contributed by atoms with Crippen LogP contribution in [0.5, 0.6) is 0 Å². The molecule has 0 radical (unpaired) electrons. The minimum atomic E-state index is 0.387. The maximum atomic E-state index is 5.87. The molecule has 2 N–H and O–H groups in total. The van der Waals surface area contributed by atoms with Crippen molar-refractivity contribution in [3.63, 3.8) is 0 Å². The lowest BCUT2D eigenvalue weighted by molar-refractivity contribution is 0.432. The van der Waals surface area contributed by atoms with Crippen molar-refractivity contribution in [1.29, 1.82) is 0 Å². The zero-order chi connectivity index (χ0) is 13.2. The van der Waals surface area contributed by atoms with E-state index in [4.69, 9.17) is 10.3 Å². The predicted octanol–water partition coefficient (Wildman–Crippen LogP) is 3.14. The van der Waals surface area contributed by atoms with Crippen molar-refractivity contribution in [2.75, 3.05) is 5.73 Å². The molecular formula is C13H9BrN4O. The van der Waals surface area contributed by atoms with E-state index < -0.39 is 0 Å². The molecule has 5 nitrogen and oxygen atoms in total. The molecule has 0 unspecified atom stereocenters. The Balaban J connectivity index is 2.00. The fourth-order valence-electron chi connectivity index (χ4n) is 1.64. The van der Waals surface area contributed by atoms with Crippen LogP contribution in [0.2, 0.25) is 0 Å². The summed E-state index contributed by atoms with van der Waals surface area (Å²) >= 11 is 3.33. The molecular weight excluding hydrogens is 308 g/mol. The predicted molar refractivity (Wildman–Crippen MR) is 75.1 cm³/mol. The molecule has 2 aromatic heterocycles. The second-order valence-corrected chi connectivity index (χ2v) is 4.79. The summed E-state index contributed by atoms with van der Waals surface area (Å²) in [6.45, 7) is 0. The Bertz CT molecular complexity index is 709. The van der Waals surface area contributed by atoms with Gasteiger partial charge in [0.15, 0.2) is 0 Å². The first-order chi connectivity index (χ1) is 9.24. The molecule has 94 valence electrons. The Hall–Kier alpha value is -2.21. The number of nitrogen functional groups attached to an aromatic ring is 1. The standard InChI is InChI=1S/C13H9BrN4O/c14-8-5-6-11(16-7-8)12-17-13(19-18-12)9-3-1-2-4-10(9)15/h1-7H,15H2. The van der Waals surface area contributed by atoms with Gasteiger partial charge in [0.05, 0.1) is 5.56 Å². The first-order valence-electron chi connectivity index (χ1n) is 5.54. The van der Waals surface area contributed by atoms with Gasteiger partial charge in [0, 0.05) is 16.4 Å². The van der Waals surface area contributed by atoms with E-state index in [0.717, 1.165) is 10.0 Å². The molecule has 1 aromatic carbocycles. The average molecular weight is 317 g/mol. The van der Waals surface area contributed by atoms with Crippen molar-refractivity contribution in [2.24, 2.45) is 0 Å². The molecule has 3 aromatic rings. The van der Waals surface area contributed by atoms with E-state index in [9.17, 15) is 0 Å². The summed E-state index contributed by atoms with van der Waals surface area (Å²) in [6, 6.07) is 11.0. The SMILES string of the molecule is Nc1ccccc1-c1nc(-c2ccc(Br)cn2)no1. The Morgan fingerprint density at radius 1 is 1.11 bits per heavy atom. The van der Waals surface area contributed by atoms with Crippen molar-refractivity contribution in [3.05, 3.63) is 47.1 Å². The maximum Gasteiger partial charge on any atom is 0.260 e. The molecule has 0 spiro atoms. The number of anilines is 1. The van der Waals surface area contributed by atoms with Crippen molar-refractivity contribution in [1.82, 2.24) is 15.1 Å². The van der Waals surface area contributed by atoms with E-state index in [1.165, 1.54) is 0 Å². The highest BCUT2D eigenvalue weighted by Crippen LogP contribution is 2.25. The van der Waals surface area contributed by atoms with E-state index in [2.05, 4.69) is 31.1 Å². The highest BCUT2D eigenvalue weighted by molar-refractivity contribution is 9.10.